The lowest BCUT2D eigenvalue weighted by molar-refractivity contribution is -0.355. The first kappa shape index (κ1) is 10.3. The molecule has 1 aromatic rings. The highest BCUT2D eigenvalue weighted by Gasteiger charge is 2.41. The van der Waals surface area contributed by atoms with Crippen LogP contribution in [0.1, 0.15) is 12.8 Å². The van der Waals surface area contributed by atoms with Gasteiger partial charge in [-0.05, 0) is 0 Å². The number of nitrogens with one attached hydrogen (secondary N) is 1. The first-order valence-corrected chi connectivity index (χ1v) is 4.43. The van der Waals surface area contributed by atoms with E-state index in [0.717, 1.165) is 0 Å². The Bertz CT molecular complexity index is 306. The predicted octanol–water partition coefficient (Wildman–Crippen LogP) is 1.86. The van der Waals surface area contributed by atoms with Crippen molar-refractivity contribution < 1.29 is 22.6 Å². The van der Waals surface area contributed by atoms with Crippen molar-refractivity contribution >= 4 is 0 Å². The Hall–Kier alpha value is -1.24. The molecule has 1 N–H and O–H groups in total. The van der Waals surface area contributed by atoms with E-state index >= 15 is 0 Å². The molecule has 0 spiro atoms. The molecule has 0 aliphatic heterocycles. The van der Waals surface area contributed by atoms with Gasteiger partial charge in [0, 0.05) is 12.8 Å². The summed E-state index contributed by atoms with van der Waals surface area (Å²) in [5.41, 5.74) is 0. The Morgan fingerprint density at radius 3 is 2.60 bits per heavy atom. The lowest BCUT2D eigenvalue weighted by Gasteiger charge is -2.34. The monoisotopic (exact) mass is 222 g/mol. The van der Waals surface area contributed by atoms with Crippen LogP contribution in [0.25, 0.3) is 0 Å². The van der Waals surface area contributed by atoms with Crippen LogP contribution >= 0.6 is 0 Å². The van der Waals surface area contributed by atoms with E-state index < -0.39 is 12.5 Å². The minimum atomic E-state index is -4.55. The molecule has 0 radical (unpaired) electrons. The standard InChI is InChI=1S/C8H9F3N2O2/c9-8(10,11)15-6-1-5(2-6)14-7-3-12-13-4-7/h3-6H,1-2H2,(H,12,13). The second kappa shape index (κ2) is 3.73. The van der Waals surface area contributed by atoms with Crippen molar-refractivity contribution in [2.24, 2.45) is 0 Å². The zero-order valence-corrected chi connectivity index (χ0v) is 7.62. The van der Waals surface area contributed by atoms with Gasteiger partial charge in [0.25, 0.3) is 0 Å². The number of aromatic amines is 1. The van der Waals surface area contributed by atoms with Gasteiger partial charge in [-0.1, -0.05) is 0 Å². The zero-order valence-electron chi connectivity index (χ0n) is 7.62. The predicted molar refractivity (Wildman–Crippen MR) is 43.2 cm³/mol. The highest BCUT2D eigenvalue weighted by molar-refractivity contribution is 5.11. The number of alkyl halides is 3. The van der Waals surface area contributed by atoms with Gasteiger partial charge in [0.1, 0.15) is 6.10 Å². The number of hydrogen-bond acceptors (Lipinski definition) is 3. The number of H-pyrrole nitrogens is 1. The minimum Gasteiger partial charge on any atom is -0.487 e. The number of nitrogens with zero attached hydrogens (tertiary/aromatic N) is 1. The van der Waals surface area contributed by atoms with Crippen molar-refractivity contribution in [1.82, 2.24) is 10.2 Å². The zero-order chi connectivity index (χ0) is 10.9. The van der Waals surface area contributed by atoms with Crippen molar-refractivity contribution in [2.45, 2.75) is 31.4 Å². The smallest absolute Gasteiger partial charge is 0.487 e. The van der Waals surface area contributed by atoms with E-state index in [9.17, 15) is 13.2 Å². The second-order valence-corrected chi connectivity index (χ2v) is 3.33. The van der Waals surface area contributed by atoms with Gasteiger partial charge in [0.2, 0.25) is 0 Å². The van der Waals surface area contributed by atoms with Crippen molar-refractivity contribution in [3.63, 3.8) is 0 Å². The highest BCUT2D eigenvalue weighted by atomic mass is 19.4. The van der Waals surface area contributed by atoms with E-state index in [2.05, 4.69) is 14.9 Å². The number of hydrogen-bond donors (Lipinski definition) is 1. The number of rotatable bonds is 3. The van der Waals surface area contributed by atoms with Crippen LogP contribution in [0, 0.1) is 0 Å². The summed E-state index contributed by atoms with van der Waals surface area (Å²) in [6, 6.07) is 0. The molecule has 84 valence electrons. The summed E-state index contributed by atoms with van der Waals surface area (Å²) >= 11 is 0. The summed E-state index contributed by atoms with van der Waals surface area (Å²) in [4.78, 5) is 0. The molecule has 0 amide bonds. The largest absolute Gasteiger partial charge is 0.522 e. The summed E-state index contributed by atoms with van der Waals surface area (Å²) in [5, 5.41) is 6.20. The SMILES string of the molecule is FC(F)(F)OC1CC(Oc2cn[nH]c2)C1. The molecule has 1 aromatic heterocycles. The third-order valence-electron chi connectivity index (χ3n) is 2.13. The van der Waals surface area contributed by atoms with E-state index in [1.807, 2.05) is 0 Å². The minimum absolute atomic E-state index is 0.213. The van der Waals surface area contributed by atoms with E-state index in [1.165, 1.54) is 12.4 Å². The summed E-state index contributed by atoms with van der Waals surface area (Å²) < 4.78 is 44.4. The molecule has 0 aromatic carbocycles. The van der Waals surface area contributed by atoms with Crippen LogP contribution in [0.4, 0.5) is 13.2 Å². The molecule has 1 aliphatic carbocycles. The Morgan fingerprint density at radius 2 is 2.07 bits per heavy atom. The van der Waals surface area contributed by atoms with E-state index in [0.29, 0.717) is 5.75 Å². The van der Waals surface area contributed by atoms with E-state index in [-0.39, 0.29) is 18.9 Å². The molecule has 1 saturated carbocycles. The fraction of sp³-hybridized carbons (Fsp3) is 0.625. The Kier molecular flexibility index (Phi) is 2.56. The maximum atomic E-state index is 11.8. The first-order valence-electron chi connectivity index (χ1n) is 4.43. The van der Waals surface area contributed by atoms with Gasteiger partial charge in [0.05, 0.1) is 18.5 Å². The van der Waals surface area contributed by atoms with Crippen molar-refractivity contribution in [1.29, 1.82) is 0 Å². The topological polar surface area (TPSA) is 47.1 Å². The third-order valence-corrected chi connectivity index (χ3v) is 2.13. The van der Waals surface area contributed by atoms with Crippen LogP contribution in [0.5, 0.6) is 5.75 Å². The molecule has 2 rings (SSSR count). The van der Waals surface area contributed by atoms with Crippen molar-refractivity contribution in [2.75, 3.05) is 0 Å². The van der Waals surface area contributed by atoms with Gasteiger partial charge < -0.3 is 4.74 Å². The molecule has 0 unspecified atom stereocenters. The van der Waals surface area contributed by atoms with E-state index in [4.69, 9.17) is 4.74 Å². The lowest BCUT2D eigenvalue weighted by atomic mass is 9.92. The highest BCUT2D eigenvalue weighted by Crippen LogP contribution is 2.32. The van der Waals surface area contributed by atoms with E-state index in [1.54, 1.807) is 0 Å². The molecule has 0 atom stereocenters. The summed E-state index contributed by atoms with van der Waals surface area (Å²) in [6.45, 7) is 0. The van der Waals surface area contributed by atoms with Crippen LogP contribution < -0.4 is 4.74 Å². The van der Waals surface area contributed by atoms with Crippen LogP contribution in [0.2, 0.25) is 0 Å². The third kappa shape index (κ3) is 2.85. The van der Waals surface area contributed by atoms with Gasteiger partial charge >= 0.3 is 6.36 Å². The molecular formula is C8H9F3N2O2. The molecule has 1 aliphatic rings. The van der Waals surface area contributed by atoms with Crippen LogP contribution in [0.15, 0.2) is 12.4 Å². The summed E-state index contributed by atoms with van der Waals surface area (Å²) in [6.07, 6.45) is -2.02. The Morgan fingerprint density at radius 1 is 1.33 bits per heavy atom. The number of halogens is 3. The van der Waals surface area contributed by atoms with Gasteiger partial charge in [-0.25, -0.2) is 0 Å². The second-order valence-electron chi connectivity index (χ2n) is 3.33. The molecule has 4 nitrogen and oxygen atoms in total. The summed E-state index contributed by atoms with van der Waals surface area (Å²) in [7, 11) is 0. The lowest BCUT2D eigenvalue weighted by Crippen LogP contribution is -2.42. The molecule has 15 heavy (non-hydrogen) atoms. The molecule has 0 saturated heterocycles. The first-order chi connectivity index (χ1) is 7.03. The van der Waals surface area contributed by atoms with Gasteiger partial charge in [-0.2, -0.15) is 5.10 Å². The fourth-order valence-corrected chi connectivity index (χ4v) is 1.39. The van der Waals surface area contributed by atoms with Crippen molar-refractivity contribution in [3.8, 4) is 5.75 Å². The average molecular weight is 222 g/mol. The molecule has 1 heterocycles. The average Bonchev–Trinajstić information content (AvgIpc) is 2.50. The van der Waals surface area contributed by atoms with Gasteiger partial charge in [0.15, 0.2) is 5.75 Å². The van der Waals surface area contributed by atoms with Crippen LogP contribution in [-0.4, -0.2) is 28.8 Å². The van der Waals surface area contributed by atoms with Gasteiger partial charge in [-0.15, -0.1) is 13.2 Å². The summed E-state index contributed by atoms with van der Waals surface area (Å²) in [5.74, 6) is 0.533. The molecule has 7 heteroatoms. The quantitative estimate of drug-likeness (QED) is 0.849. The molecule has 1 fully saturated rings. The Balaban J connectivity index is 1.70. The van der Waals surface area contributed by atoms with Crippen LogP contribution in [-0.2, 0) is 4.74 Å². The van der Waals surface area contributed by atoms with Gasteiger partial charge in [-0.3, -0.25) is 9.84 Å². The maximum Gasteiger partial charge on any atom is 0.522 e. The van der Waals surface area contributed by atoms with Crippen LogP contribution in [0.3, 0.4) is 0 Å². The fourth-order valence-electron chi connectivity index (χ4n) is 1.39. The number of ether oxygens (including phenoxy) is 2. The Labute approximate surface area is 83.4 Å². The molecule has 0 bridgehead atoms. The normalized spacial score (nSPS) is 26.1. The van der Waals surface area contributed by atoms with Crippen molar-refractivity contribution in [3.05, 3.63) is 12.4 Å². The maximum absolute atomic E-state index is 11.8. The number of aromatic nitrogens is 2. The molecular weight excluding hydrogens is 213 g/mol.